The Balaban J connectivity index is 1.58. The topological polar surface area (TPSA) is 36.9 Å². The van der Waals surface area contributed by atoms with Crippen molar-refractivity contribution in [2.45, 2.75) is 24.5 Å². The fourth-order valence-corrected chi connectivity index (χ4v) is 4.87. The molecule has 0 radical (unpaired) electrons. The minimum absolute atomic E-state index is 0.0462. The Morgan fingerprint density at radius 2 is 1.33 bits per heavy atom. The second-order valence-corrected chi connectivity index (χ2v) is 7.89. The molecule has 1 saturated heterocycles. The normalized spacial score (nSPS) is 24.9. The monoisotopic (exact) mass is 402 g/mol. The van der Waals surface area contributed by atoms with Crippen LogP contribution >= 0.6 is 0 Å². The molecule has 0 aliphatic carbocycles. The standard InChI is InChI=1S/C26H26O4/c1-27-19-11-7-17(8-12-19)25-24-22(15-16-29-25)21-5-3-4-6-23(21)30-26(24)18-9-13-20(28-2)14-10-18/h3-14,22,24-26H,15-16H2,1-2H3/t22-,24-,25+,26-/m0/s1. The Hall–Kier alpha value is -2.98. The molecule has 0 bridgehead atoms. The highest BCUT2D eigenvalue weighted by Crippen LogP contribution is 2.55. The summed E-state index contributed by atoms with van der Waals surface area (Å²) in [6.07, 6.45) is 0.850. The maximum atomic E-state index is 6.61. The molecule has 3 aromatic rings. The Morgan fingerprint density at radius 3 is 1.97 bits per heavy atom. The van der Waals surface area contributed by atoms with Gasteiger partial charge in [0.05, 0.1) is 20.3 Å². The molecule has 0 unspecified atom stereocenters. The largest absolute Gasteiger partial charge is 0.497 e. The maximum absolute atomic E-state index is 6.61. The van der Waals surface area contributed by atoms with E-state index in [2.05, 4.69) is 42.5 Å². The van der Waals surface area contributed by atoms with Crippen LogP contribution < -0.4 is 14.2 Å². The number of benzene rings is 3. The van der Waals surface area contributed by atoms with E-state index in [0.29, 0.717) is 5.92 Å². The average molecular weight is 402 g/mol. The third-order valence-corrected chi connectivity index (χ3v) is 6.35. The van der Waals surface area contributed by atoms with E-state index in [1.165, 1.54) is 5.56 Å². The number of ether oxygens (including phenoxy) is 4. The lowest BCUT2D eigenvalue weighted by molar-refractivity contribution is -0.0902. The zero-order chi connectivity index (χ0) is 20.5. The first kappa shape index (κ1) is 19.0. The van der Waals surface area contributed by atoms with E-state index in [1.54, 1.807) is 14.2 Å². The highest BCUT2D eigenvalue weighted by Gasteiger charge is 2.46. The van der Waals surface area contributed by atoms with E-state index in [1.807, 2.05) is 30.3 Å². The molecule has 154 valence electrons. The van der Waals surface area contributed by atoms with E-state index < -0.39 is 0 Å². The summed E-state index contributed by atoms with van der Waals surface area (Å²) in [6, 6.07) is 24.9. The van der Waals surface area contributed by atoms with Gasteiger partial charge in [-0.05, 0) is 59.4 Å². The first-order valence-corrected chi connectivity index (χ1v) is 10.4. The minimum atomic E-state index is -0.0943. The Morgan fingerprint density at radius 1 is 0.733 bits per heavy atom. The fraction of sp³-hybridized carbons (Fsp3) is 0.308. The van der Waals surface area contributed by atoms with Gasteiger partial charge in [-0.3, -0.25) is 0 Å². The van der Waals surface area contributed by atoms with Gasteiger partial charge >= 0.3 is 0 Å². The predicted octanol–water partition coefficient (Wildman–Crippen LogP) is 5.70. The van der Waals surface area contributed by atoms with E-state index in [-0.39, 0.29) is 18.1 Å². The molecule has 4 heteroatoms. The van der Waals surface area contributed by atoms with Crippen LogP contribution in [0.3, 0.4) is 0 Å². The van der Waals surface area contributed by atoms with Crippen LogP contribution in [0.15, 0.2) is 72.8 Å². The summed E-state index contributed by atoms with van der Waals surface area (Å²) in [5.74, 6) is 3.23. The molecule has 3 aromatic carbocycles. The van der Waals surface area contributed by atoms with Gasteiger partial charge in [0.25, 0.3) is 0 Å². The van der Waals surface area contributed by atoms with Gasteiger partial charge in [-0.1, -0.05) is 42.5 Å². The first-order chi connectivity index (χ1) is 14.8. The van der Waals surface area contributed by atoms with Crippen LogP contribution in [0.5, 0.6) is 17.2 Å². The van der Waals surface area contributed by atoms with Crippen molar-refractivity contribution in [1.29, 1.82) is 0 Å². The summed E-state index contributed by atoms with van der Waals surface area (Å²) in [7, 11) is 3.38. The second-order valence-electron chi connectivity index (χ2n) is 7.89. The van der Waals surface area contributed by atoms with Gasteiger partial charge in [0.1, 0.15) is 23.4 Å². The van der Waals surface area contributed by atoms with Gasteiger partial charge in [0.15, 0.2) is 0 Å². The number of methoxy groups -OCH3 is 2. The predicted molar refractivity (Wildman–Crippen MR) is 115 cm³/mol. The van der Waals surface area contributed by atoms with Crippen molar-refractivity contribution in [3.05, 3.63) is 89.5 Å². The summed E-state index contributed by atoms with van der Waals surface area (Å²) < 4.78 is 23.7. The quantitative estimate of drug-likeness (QED) is 0.561. The van der Waals surface area contributed by atoms with Crippen LogP contribution in [0.4, 0.5) is 0 Å². The molecular formula is C26H26O4. The van der Waals surface area contributed by atoms with Crippen molar-refractivity contribution in [3.63, 3.8) is 0 Å². The summed E-state index contributed by atoms with van der Waals surface area (Å²) in [5, 5.41) is 0. The van der Waals surface area contributed by atoms with Crippen LogP contribution in [-0.2, 0) is 4.74 Å². The third-order valence-electron chi connectivity index (χ3n) is 6.35. The van der Waals surface area contributed by atoms with Gasteiger partial charge in [-0.2, -0.15) is 0 Å². The lowest BCUT2D eigenvalue weighted by Gasteiger charge is -2.46. The van der Waals surface area contributed by atoms with Crippen molar-refractivity contribution in [3.8, 4) is 17.2 Å². The molecule has 1 fully saturated rings. The number of hydrogen-bond acceptors (Lipinski definition) is 4. The highest BCUT2D eigenvalue weighted by atomic mass is 16.5. The van der Waals surface area contributed by atoms with Crippen molar-refractivity contribution in [2.75, 3.05) is 20.8 Å². The molecule has 2 heterocycles. The molecule has 0 aromatic heterocycles. The van der Waals surface area contributed by atoms with Crippen LogP contribution in [-0.4, -0.2) is 20.8 Å². The van der Waals surface area contributed by atoms with Crippen molar-refractivity contribution < 1.29 is 18.9 Å². The van der Waals surface area contributed by atoms with Gasteiger partial charge in [0.2, 0.25) is 0 Å². The molecule has 2 aliphatic rings. The molecule has 2 aliphatic heterocycles. The lowest BCUT2D eigenvalue weighted by atomic mass is 9.70. The van der Waals surface area contributed by atoms with E-state index in [9.17, 15) is 0 Å². The van der Waals surface area contributed by atoms with Gasteiger partial charge in [-0.15, -0.1) is 0 Å². The van der Waals surface area contributed by atoms with Crippen LogP contribution in [0.1, 0.15) is 41.2 Å². The Labute approximate surface area is 177 Å². The molecule has 0 amide bonds. The summed E-state index contributed by atoms with van der Waals surface area (Å²) >= 11 is 0. The first-order valence-electron chi connectivity index (χ1n) is 10.4. The fourth-order valence-electron chi connectivity index (χ4n) is 4.87. The maximum Gasteiger partial charge on any atom is 0.130 e. The zero-order valence-electron chi connectivity index (χ0n) is 17.3. The van der Waals surface area contributed by atoms with E-state index >= 15 is 0 Å². The van der Waals surface area contributed by atoms with Crippen molar-refractivity contribution >= 4 is 0 Å². The summed E-state index contributed by atoms with van der Waals surface area (Å²) in [6.45, 7) is 0.738. The Bertz CT molecular complexity index is 996. The third kappa shape index (κ3) is 3.31. The molecule has 0 N–H and O–H groups in total. The van der Waals surface area contributed by atoms with Gasteiger partial charge in [0, 0.05) is 12.5 Å². The molecule has 5 rings (SSSR count). The van der Waals surface area contributed by atoms with Crippen LogP contribution in [0.2, 0.25) is 0 Å². The lowest BCUT2D eigenvalue weighted by Crippen LogP contribution is -2.39. The average Bonchev–Trinajstić information content (AvgIpc) is 2.83. The molecule has 4 nitrogen and oxygen atoms in total. The molecule has 30 heavy (non-hydrogen) atoms. The van der Waals surface area contributed by atoms with Crippen LogP contribution in [0, 0.1) is 5.92 Å². The Kier molecular flexibility index (Phi) is 5.09. The van der Waals surface area contributed by atoms with E-state index in [4.69, 9.17) is 18.9 Å². The number of fused-ring (bicyclic) bond motifs is 3. The molecule has 0 saturated carbocycles. The number of para-hydroxylation sites is 1. The second kappa shape index (κ2) is 8.04. The minimum Gasteiger partial charge on any atom is -0.497 e. The van der Waals surface area contributed by atoms with Gasteiger partial charge in [-0.25, -0.2) is 0 Å². The summed E-state index contributed by atoms with van der Waals surface area (Å²) in [4.78, 5) is 0. The number of hydrogen-bond donors (Lipinski definition) is 0. The molecular weight excluding hydrogens is 376 g/mol. The molecule has 0 spiro atoms. The smallest absolute Gasteiger partial charge is 0.130 e. The number of rotatable bonds is 4. The summed E-state index contributed by atoms with van der Waals surface area (Å²) in [5.41, 5.74) is 3.59. The van der Waals surface area contributed by atoms with Crippen molar-refractivity contribution in [1.82, 2.24) is 0 Å². The zero-order valence-corrected chi connectivity index (χ0v) is 17.3. The van der Waals surface area contributed by atoms with Crippen LogP contribution in [0.25, 0.3) is 0 Å². The SMILES string of the molecule is COc1ccc([C@H]2OCC[C@H]3c4ccccc4O[C@@H](c4ccc(OC)cc4)[C@H]23)cc1. The van der Waals surface area contributed by atoms with E-state index in [0.717, 1.165) is 41.4 Å². The van der Waals surface area contributed by atoms with Gasteiger partial charge < -0.3 is 18.9 Å². The van der Waals surface area contributed by atoms with Crippen molar-refractivity contribution in [2.24, 2.45) is 5.92 Å². The molecule has 4 atom stereocenters. The highest BCUT2D eigenvalue weighted by molar-refractivity contribution is 5.43.